The maximum absolute atomic E-state index is 12.0. The van der Waals surface area contributed by atoms with Crippen molar-refractivity contribution in [3.8, 4) is 11.5 Å². The number of ether oxygens (including phenoxy) is 1. The normalized spacial score (nSPS) is 10.9. The lowest BCUT2D eigenvalue weighted by molar-refractivity contribution is -0.270. The van der Waals surface area contributed by atoms with Crippen molar-refractivity contribution in [2.24, 2.45) is 0 Å². The standard InChI is InChI=1S/C17H15NO5/c1-23-15-8-7-11(10-14(15)19)9-13(17(21)22)18-16(20)12-5-3-2-4-6-12/h2-10,19H,1H3,(H,18,20)(H,21,22)/p-1/b13-9-. The van der Waals surface area contributed by atoms with Gasteiger partial charge in [-0.25, -0.2) is 4.79 Å². The Labute approximate surface area is 132 Å². The van der Waals surface area contributed by atoms with Gasteiger partial charge in [-0.05, 0) is 29.8 Å². The molecule has 0 atom stereocenters. The van der Waals surface area contributed by atoms with Gasteiger partial charge in [-0.2, -0.15) is 0 Å². The van der Waals surface area contributed by atoms with Crippen molar-refractivity contribution in [1.29, 1.82) is 0 Å². The summed E-state index contributed by atoms with van der Waals surface area (Å²) in [6.45, 7) is 0. The van der Waals surface area contributed by atoms with E-state index >= 15 is 0 Å². The monoisotopic (exact) mass is 312 g/mol. The summed E-state index contributed by atoms with van der Waals surface area (Å²) in [6, 6.07) is 12.4. The van der Waals surface area contributed by atoms with Crippen LogP contribution in [0.1, 0.15) is 15.9 Å². The largest absolute Gasteiger partial charge is 0.870 e. The Balaban J connectivity index is 2.26. The predicted molar refractivity (Wildman–Crippen MR) is 82.0 cm³/mol. The van der Waals surface area contributed by atoms with E-state index in [9.17, 15) is 19.8 Å². The van der Waals surface area contributed by atoms with E-state index in [2.05, 4.69) is 5.32 Å². The summed E-state index contributed by atoms with van der Waals surface area (Å²) in [5, 5.41) is 23.2. The molecule has 0 aliphatic heterocycles. The van der Waals surface area contributed by atoms with E-state index in [0.29, 0.717) is 11.1 Å². The number of benzene rings is 2. The van der Waals surface area contributed by atoms with Crippen LogP contribution in [0.3, 0.4) is 0 Å². The Morgan fingerprint density at radius 2 is 1.87 bits per heavy atom. The molecule has 23 heavy (non-hydrogen) atoms. The van der Waals surface area contributed by atoms with Gasteiger partial charge >= 0.3 is 5.97 Å². The molecule has 0 saturated heterocycles. The zero-order chi connectivity index (χ0) is 16.8. The molecule has 0 radical (unpaired) electrons. The highest BCUT2D eigenvalue weighted by molar-refractivity contribution is 6.02. The van der Waals surface area contributed by atoms with E-state index < -0.39 is 11.9 Å². The lowest BCUT2D eigenvalue weighted by Gasteiger charge is -2.13. The molecule has 0 fully saturated rings. The number of amides is 1. The molecule has 2 aromatic carbocycles. The molecular weight excluding hydrogens is 298 g/mol. The summed E-state index contributed by atoms with van der Waals surface area (Å²) in [4.78, 5) is 23.3. The van der Waals surface area contributed by atoms with Gasteiger partial charge in [0.1, 0.15) is 11.4 Å². The number of methoxy groups -OCH3 is 1. The molecule has 0 bridgehead atoms. The van der Waals surface area contributed by atoms with Crippen LogP contribution in [0.15, 0.2) is 54.2 Å². The number of carboxylic acid groups (broad SMARTS) is 1. The van der Waals surface area contributed by atoms with Crippen LogP contribution in [0.4, 0.5) is 0 Å². The number of hydrogen-bond acceptors (Lipinski definition) is 4. The SMILES string of the molecule is COc1ccc(/C=C(\NC(=O)c2ccccc2)C(=O)O)cc1[O-]. The number of carboxylic acids is 1. The number of hydrogen-bond donors (Lipinski definition) is 2. The van der Waals surface area contributed by atoms with Gasteiger partial charge in [0.25, 0.3) is 5.91 Å². The van der Waals surface area contributed by atoms with Gasteiger partial charge in [0.2, 0.25) is 0 Å². The summed E-state index contributed by atoms with van der Waals surface area (Å²) >= 11 is 0. The van der Waals surface area contributed by atoms with Crippen LogP contribution in [0.5, 0.6) is 11.5 Å². The van der Waals surface area contributed by atoms with E-state index in [0.717, 1.165) is 0 Å². The van der Waals surface area contributed by atoms with E-state index in [-0.39, 0.29) is 17.2 Å². The first-order valence-corrected chi connectivity index (χ1v) is 6.67. The Bertz CT molecular complexity index is 753. The molecule has 2 aromatic rings. The fraction of sp³-hybridized carbons (Fsp3) is 0.0588. The van der Waals surface area contributed by atoms with Crippen molar-refractivity contribution in [2.75, 3.05) is 7.11 Å². The Hall–Kier alpha value is -3.28. The zero-order valence-electron chi connectivity index (χ0n) is 12.3. The topological polar surface area (TPSA) is 98.7 Å². The number of aliphatic carboxylic acids is 1. The second-order valence-corrected chi connectivity index (χ2v) is 4.59. The first kappa shape index (κ1) is 16.1. The van der Waals surface area contributed by atoms with Gasteiger partial charge in [0, 0.05) is 5.56 Å². The van der Waals surface area contributed by atoms with Gasteiger partial charge < -0.3 is 20.3 Å². The number of rotatable bonds is 5. The molecule has 1 amide bonds. The zero-order valence-corrected chi connectivity index (χ0v) is 12.3. The van der Waals surface area contributed by atoms with Crippen molar-refractivity contribution >= 4 is 18.0 Å². The van der Waals surface area contributed by atoms with Crippen molar-refractivity contribution in [1.82, 2.24) is 5.32 Å². The van der Waals surface area contributed by atoms with E-state index in [1.165, 1.54) is 31.4 Å². The average molecular weight is 312 g/mol. The first-order valence-electron chi connectivity index (χ1n) is 6.67. The quantitative estimate of drug-likeness (QED) is 0.818. The van der Waals surface area contributed by atoms with Crippen molar-refractivity contribution in [3.63, 3.8) is 0 Å². The van der Waals surface area contributed by atoms with Crippen LogP contribution in [0.2, 0.25) is 0 Å². The third-order valence-corrected chi connectivity index (χ3v) is 3.01. The summed E-state index contributed by atoms with van der Waals surface area (Å²) in [7, 11) is 1.37. The van der Waals surface area contributed by atoms with Crippen molar-refractivity contribution in [3.05, 3.63) is 65.4 Å². The minimum atomic E-state index is -1.31. The maximum atomic E-state index is 12.0. The molecule has 6 heteroatoms. The van der Waals surface area contributed by atoms with Crippen LogP contribution in [0.25, 0.3) is 6.08 Å². The van der Waals surface area contributed by atoms with Gasteiger partial charge in [0.05, 0.1) is 7.11 Å². The maximum Gasteiger partial charge on any atom is 0.352 e. The van der Waals surface area contributed by atoms with Crippen LogP contribution < -0.4 is 15.2 Å². The summed E-state index contributed by atoms with van der Waals surface area (Å²) in [5.74, 6) is -2.07. The highest BCUT2D eigenvalue weighted by atomic mass is 16.5. The predicted octanol–water partition coefficient (Wildman–Crippen LogP) is 1.62. The second-order valence-electron chi connectivity index (χ2n) is 4.59. The molecule has 0 aliphatic rings. The van der Waals surface area contributed by atoms with E-state index in [1.807, 2.05) is 0 Å². The highest BCUT2D eigenvalue weighted by Crippen LogP contribution is 2.24. The van der Waals surface area contributed by atoms with E-state index in [1.54, 1.807) is 30.3 Å². The third kappa shape index (κ3) is 4.10. The van der Waals surface area contributed by atoms with Gasteiger partial charge in [-0.3, -0.25) is 4.79 Å². The smallest absolute Gasteiger partial charge is 0.352 e. The average Bonchev–Trinajstić information content (AvgIpc) is 2.55. The number of carbonyl (C=O) groups excluding carboxylic acids is 1. The minimum Gasteiger partial charge on any atom is -0.870 e. The van der Waals surface area contributed by atoms with Gasteiger partial charge in [-0.1, -0.05) is 36.1 Å². The number of nitrogens with one attached hydrogen (secondary N) is 1. The lowest BCUT2D eigenvalue weighted by Crippen LogP contribution is -2.27. The van der Waals surface area contributed by atoms with Crippen molar-refractivity contribution < 1.29 is 24.5 Å². The molecule has 0 heterocycles. The molecule has 0 saturated carbocycles. The molecule has 0 aromatic heterocycles. The fourth-order valence-electron chi connectivity index (χ4n) is 1.89. The van der Waals surface area contributed by atoms with Crippen LogP contribution in [-0.4, -0.2) is 24.1 Å². The van der Waals surface area contributed by atoms with Gasteiger partial charge in [0.15, 0.2) is 0 Å². The number of carbonyl (C=O) groups is 2. The van der Waals surface area contributed by atoms with Crippen LogP contribution in [-0.2, 0) is 4.79 Å². The Morgan fingerprint density at radius 3 is 2.43 bits per heavy atom. The highest BCUT2D eigenvalue weighted by Gasteiger charge is 2.13. The lowest BCUT2D eigenvalue weighted by atomic mass is 10.1. The molecule has 6 nitrogen and oxygen atoms in total. The molecule has 2 rings (SSSR count). The van der Waals surface area contributed by atoms with Crippen LogP contribution >= 0.6 is 0 Å². The molecule has 0 aliphatic carbocycles. The summed E-state index contributed by atoms with van der Waals surface area (Å²) in [5.41, 5.74) is 0.351. The summed E-state index contributed by atoms with van der Waals surface area (Å²) in [6.07, 6.45) is 1.21. The Morgan fingerprint density at radius 1 is 1.17 bits per heavy atom. The first-order chi connectivity index (χ1) is 11.0. The fourth-order valence-corrected chi connectivity index (χ4v) is 1.89. The third-order valence-electron chi connectivity index (χ3n) is 3.01. The minimum absolute atomic E-state index is 0.160. The molecule has 0 unspecified atom stereocenters. The second kappa shape index (κ2) is 7.13. The molecule has 118 valence electrons. The summed E-state index contributed by atoms with van der Waals surface area (Å²) < 4.78 is 4.86. The molecule has 0 spiro atoms. The van der Waals surface area contributed by atoms with E-state index in [4.69, 9.17) is 4.74 Å². The molecular formula is C17H14NO5-. The van der Waals surface area contributed by atoms with Gasteiger partial charge in [-0.15, -0.1) is 0 Å². The van der Waals surface area contributed by atoms with Crippen LogP contribution in [0, 0.1) is 0 Å². The molecule has 2 N–H and O–H groups in total. The Kier molecular flexibility index (Phi) is 4.99. The van der Waals surface area contributed by atoms with Crippen molar-refractivity contribution in [2.45, 2.75) is 0 Å².